The number of ether oxygens (including phenoxy) is 1. The van der Waals surface area contributed by atoms with Crippen molar-refractivity contribution in [3.8, 4) is 5.75 Å². The molecule has 1 aromatic rings. The number of hydrogen-bond acceptors (Lipinski definition) is 3. The van der Waals surface area contributed by atoms with Gasteiger partial charge in [0.05, 0.1) is 12.8 Å². The number of rotatable bonds is 5. The molecule has 3 heteroatoms. The van der Waals surface area contributed by atoms with E-state index in [1.54, 1.807) is 7.11 Å². The molecule has 0 bridgehead atoms. The van der Waals surface area contributed by atoms with Crippen molar-refractivity contribution in [1.82, 2.24) is 4.90 Å². The van der Waals surface area contributed by atoms with E-state index in [0.717, 1.165) is 18.7 Å². The zero-order chi connectivity index (χ0) is 12.1. The summed E-state index contributed by atoms with van der Waals surface area (Å²) in [6.07, 6.45) is 1.15. The summed E-state index contributed by atoms with van der Waals surface area (Å²) < 4.78 is 5.13. The van der Waals surface area contributed by atoms with Crippen LogP contribution in [0.5, 0.6) is 5.75 Å². The van der Waals surface area contributed by atoms with Crippen LogP contribution in [0, 0.1) is 0 Å². The standard InChI is InChI=1S/C13H22N2O/c1-5-10(2)15(3)9-11-6-7-13(16-4)12(14)8-11/h6-8,10H,5,9,14H2,1-4H3. The van der Waals surface area contributed by atoms with Crippen molar-refractivity contribution in [2.45, 2.75) is 32.9 Å². The van der Waals surface area contributed by atoms with Crippen LogP contribution < -0.4 is 10.5 Å². The largest absolute Gasteiger partial charge is 0.495 e. The van der Waals surface area contributed by atoms with E-state index in [4.69, 9.17) is 10.5 Å². The summed E-state index contributed by atoms with van der Waals surface area (Å²) in [7, 11) is 3.77. The Balaban J connectivity index is 2.71. The Kier molecular flexibility index (Phi) is 4.62. The van der Waals surface area contributed by atoms with Crippen LogP contribution in [0.3, 0.4) is 0 Å². The van der Waals surface area contributed by atoms with E-state index in [1.807, 2.05) is 12.1 Å². The lowest BCUT2D eigenvalue weighted by molar-refractivity contribution is 0.244. The van der Waals surface area contributed by atoms with E-state index in [0.29, 0.717) is 11.7 Å². The molecule has 0 fully saturated rings. The number of methoxy groups -OCH3 is 1. The highest BCUT2D eigenvalue weighted by atomic mass is 16.5. The Morgan fingerprint density at radius 3 is 2.62 bits per heavy atom. The molecule has 0 aliphatic heterocycles. The molecular formula is C13H22N2O. The normalized spacial score (nSPS) is 12.8. The molecular weight excluding hydrogens is 200 g/mol. The van der Waals surface area contributed by atoms with Crippen molar-refractivity contribution in [2.75, 3.05) is 19.9 Å². The maximum atomic E-state index is 5.87. The molecule has 0 saturated heterocycles. The summed E-state index contributed by atoms with van der Waals surface area (Å²) in [5.74, 6) is 0.745. The van der Waals surface area contributed by atoms with Gasteiger partial charge in [0.15, 0.2) is 0 Å². The summed E-state index contributed by atoms with van der Waals surface area (Å²) in [4.78, 5) is 2.32. The van der Waals surface area contributed by atoms with Crippen molar-refractivity contribution in [2.24, 2.45) is 0 Å². The van der Waals surface area contributed by atoms with Gasteiger partial charge in [0.2, 0.25) is 0 Å². The van der Waals surface area contributed by atoms with Gasteiger partial charge in [0.1, 0.15) is 5.75 Å². The monoisotopic (exact) mass is 222 g/mol. The van der Waals surface area contributed by atoms with E-state index >= 15 is 0 Å². The van der Waals surface area contributed by atoms with E-state index in [1.165, 1.54) is 5.56 Å². The second-order valence-corrected chi connectivity index (χ2v) is 4.25. The molecule has 16 heavy (non-hydrogen) atoms. The van der Waals surface area contributed by atoms with Crippen LogP contribution in [0.4, 0.5) is 5.69 Å². The van der Waals surface area contributed by atoms with Crippen LogP contribution in [-0.4, -0.2) is 25.1 Å². The molecule has 1 rings (SSSR count). The molecule has 0 spiro atoms. The van der Waals surface area contributed by atoms with E-state index < -0.39 is 0 Å². The summed E-state index contributed by atoms with van der Waals surface area (Å²) in [6, 6.07) is 6.56. The fraction of sp³-hybridized carbons (Fsp3) is 0.538. The predicted octanol–water partition coefficient (Wildman–Crippen LogP) is 2.51. The molecule has 0 aliphatic rings. The minimum Gasteiger partial charge on any atom is -0.495 e. The molecule has 0 amide bonds. The first kappa shape index (κ1) is 12.8. The first-order valence-corrected chi connectivity index (χ1v) is 5.71. The second kappa shape index (κ2) is 5.75. The van der Waals surface area contributed by atoms with Gasteiger partial charge in [-0.2, -0.15) is 0 Å². The van der Waals surface area contributed by atoms with Gasteiger partial charge in [-0.3, -0.25) is 4.90 Å². The maximum Gasteiger partial charge on any atom is 0.141 e. The Morgan fingerprint density at radius 1 is 1.44 bits per heavy atom. The number of nitrogen functional groups attached to an aromatic ring is 1. The average Bonchev–Trinajstić information content (AvgIpc) is 2.28. The third-order valence-corrected chi connectivity index (χ3v) is 3.07. The van der Waals surface area contributed by atoms with Crippen molar-refractivity contribution in [3.63, 3.8) is 0 Å². The molecule has 0 radical (unpaired) electrons. The highest BCUT2D eigenvalue weighted by Crippen LogP contribution is 2.22. The van der Waals surface area contributed by atoms with Gasteiger partial charge in [0, 0.05) is 12.6 Å². The second-order valence-electron chi connectivity index (χ2n) is 4.25. The van der Waals surface area contributed by atoms with Crippen LogP contribution in [0.1, 0.15) is 25.8 Å². The number of hydrogen-bond donors (Lipinski definition) is 1. The minimum absolute atomic E-state index is 0.586. The summed E-state index contributed by atoms with van der Waals surface area (Å²) >= 11 is 0. The smallest absolute Gasteiger partial charge is 0.141 e. The molecule has 0 saturated carbocycles. The Labute approximate surface area is 98.2 Å². The van der Waals surface area contributed by atoms with Crippen molar-refractivity contribution in [1.29, 1.82) is 0 Å². The first-order chi connectivity index (χ1) is 7.58. The molecule has 0 aromatic heterocycles. The molecule has 90 valence electrons. The lowest BCUT2D eigenvalue weighted by Crippen LogP contribution is -2.27. The topological polar surface area (TPSA) is 38.5 Å². The highest BCUT2D eigenvalue weighted by Gasteiger charge is 2.08. The predicted molar refractivity (Wildman–Crippen MR) is 68.6 cm³/mol. The molecule has 1 atom stereocenters. The van der Waals surface area contributed by atoms with Gasteiger partial charge in [-0.15, -0.1) is 0 Å². The third kappa shape index (κ3) is 3.14. The lowest BCUT2D eigenvalue weighted by Gasteiger charge is -2.23. The highest BCUT2D eigenvalue weighted by molar-refractivity contribution is 5.54. The molecule has 3 nitrogen and oxygen atoms in total. The zero-order valence-corrected chi connectivity index (χ0v) is 10.7. The van der Waals surface area contributed by atoms with Crippen LogP contribution in [0.2, 0.25) is 0 Å². The number of nitrogens with zero attached hydrogens (tertiary/aromatic N) is 1. The fourth-order valence-corrected chi connectivity index (χ4v) is 1.64. The summed E-state index contributed by atoms with van der Waals surface area (Å²) in [5, 5.41) is 0. The first-order valence-electron chi connectivity index (χ1n) is 5.71. The molecule has 1 aromatic carbocycles. The number of benzene rings is 1. The Hall–Kier alpha value is -1.22. The number of nitrogens with two attached hydrogens (primary N) is 1. The molecule has 0 aliphatic carbocycles. The summed E-state index contributed by atoms with van der Waals surface area (Å²) in [6.45, 7) is 5.35. The Morgan fingerprint density at radius 2 is 2.12 bits per heavy atom. The van der Waals surface area contributed by atoms with Crippen molar-refractivity contribution < 1.29 is 4.74 Å². The van der Waals surface area contributed by atoms with Crippen LogP contribution in [-0.2, 0) is 6.54 Å². The molecule has 2 N–H and O–H groups in total. The quantitative estimate of drug-likeness (QED) is 0.778. The summed E-state index contributed by atoms with van der Waals surface area (Å²) in [5.41, 5.74) is 7.80. The lowest BCUT2D eigenvalue weighted by atomic mass is 10.1. The van der Waals surface area contributed by atoms with Gasteiger partial charge in [-0.05, 0) is 38.1 Å². The zero-order valence-electron chi connectivity index (χ0n) is 10.7. The van der Waals surface area contributed by atoms with Gasteiger partial charge in [0.25, 0.3) is 0 Å². The van der Waals surface area contributed by atoms with E-state index in [-0.39, 0.29) is 0 Å². The SMILES string of the molecule is CCC(C)N(C)Cc1ccc(OC)c(N)c1. The molecule has 1 unspecified atom stereocenters. The van der Waals surface area contributed by atoms with Crippen LogP contribution in [0.25, 0.3) is 0 Å². The van der Waals surface area contributed by atoms with Crippen LogP contribution in [0.15, 0.2) is 18.2 Å². The van der Waals surface area contributed by atoms with Gasteiger partial charge < -0.3 is 10.5 Å². The average molecular weight is 222 g/mol. The maximum absolute atomic E-state index is 5.87. The van der Waals surface area contributed by atoms with E-state index in [9.17, 15) is 0 Å². The van der Waals surface area contributed by atoms with Gasteiger partial charge in [-0.25, -0.2) is 0 Å². The van der Waals surface area contributed by atoms with Gasteiger partial charge >= 0.3 is 0 Å². The Bertz CT molecular complexity index is 339. The van der Waals surface area contributed by atoms with E-state index in [2.05, 4.69) is 31.9 Å². The third-order valence-electron chi connectivity index (χ3n) is 3.07. The fourth-order valence-electron chi connectivity index (χ4n) is 1.64. The minimum atomic E-state index is 0.586. The van der Waals surface area contributed by atoms with Crippen molar-refractivity contribution in [3.05, 3.63) is 23.8 Å². The van der Waals surface area contributed by atoms with Crippen molar-refractivity contribution >= 4 is 5.69 Å². The van der Waals surface area contributed by atoms with Gasteiger partial charge in [-0.1, -0.05) is 13.0 Å². The molecule has 0 heterocycles. The van der Waals surface area contributed by atoms with Crippen LogP contribution >= 0.6 is 0 Å². The number of anilines is 1.